The topological polar surface area (TPSA) is 71.0 Å². The Morgan fingerprint density at radius 1 is 1.00 bits per heavy atom. The van der Waals surface area contributed by atoms with Gasteiger partial charge < -0.3 is 10.1 Å². The van der Waals surface area contributed by atoms with E-state index in [9.17, 15) is 14.0 Å². The van der Waals surface area contributed by atoms with Crippen molar-refractivity contribution in [3.05, 3.63) is 101 Å². The van der Waals surface area contributed by atoms with Crippen molar-refractivity contribution in [1.82, 2.24) is 10.3 Å². The molecule has 0 saturated carbocycles. The molecule has 0 saturated heterocycles. The highest BCUT2D eigenvalue weighted by atomic mass is 19.1. The first kappa shape index (κ1) is 24.1. The molecule has 4 rings (SSSR count). The number of carbonyl (C=O) groups is 2. The predicted octanol–water partition coefficient (Wildman–Crippen LogP) is 4.65. The van der Waals surface area contributed by atoms with E-state index >= 15 is 0 Å². The predicted molar refractivity (Wildman–Crippen MR) is 133 cm³/mol. The summed E-state index contributed by atoms with van der Waals surface area (Å²) in [7, 11) is 1.61. The van der Waals surface area contributed by atoms with Crippen molar-refractivity contribution in [2.75, 3.05) is 13.7 Å². The second-order valence-electron chi connectivity index (χ2n) is 8.34. The Labute approximate surface area is 204 Å². The molecule has 0 radical (unpaired) electrons. The molecule has 0 aromatic heterocycles. The molecule has 3 aromatic carbocycles. The lowest BCUT2D eigenvalue weighted by atomic mass is 9.98. The SMILES string of the molecule is COc1ccc(C2CC(c3ccccc3)=NN2C(=O)CCC(=O)NCCc2ccccc2F)cc1. The van der Waals surface area contributed by atoms with E-state index in [1.54, 1.807) is 25.3 Å². The average Bonchev–Trinajstić information content (AvgIpc) is 3.35. The van der Waals surface area contributed by atoms with Crippen molar-refractivity contribution in [3.8, 4) is 5.75 Å². The Bertz CT molecular complexity index is 1200. The molecule has 6 nitrogen and oxygen atoms in total. The number of nitrogens with one attached hydrogen (secondary N) is 1. The van der Waals surface area contributed by atoms with Gasteiger partial charge >= 0.3 is 0 Å². The van der Waals surface area contributed by atoms with Crippen LogP contribution in [-0.4, -0.2) is 36.2 Å². The highest BCUT2D eigenvalue weighted by molar-refractivity contribution is 6.03. The number of hydrogen-bond donors (Lipinski definition) is 1. The maximum Gasteiger partial charge on any atom is 0.243 e. The van der Waals surface area contributed by atoms with Crippen LogP contribution in [0.1, 0.15) is 42.0 Å². The Balaban J connectivity index is 1.39. The lowest BCUT2D eigenvalue weighted by Crippen LogP contribution is -2.30. The summed E-state index contributed by atoms with van der Waals surface area (Å²) in [5.74, 6) is -0.0216. The van der Waals surface area contributed by atoms with Crippen LogP contribution < -0.4 is 10.1 Å². The highest BCUT2D eigenvalue weighted by Gasteiger charge is 2.33. The van der Waals surface area contributed by atoms with E-state index in [2.05, 4.69) is 10.4 Å². The van der Waals surface area contributed by atoms with Gasteiger partial charge in [0.15, 0.2) is 0 Å². The van der Waals surface area contributed by atoms with Crippen LogP contribution in [0, 0.1) is 5.82 Å². The first-order valence-corrected chi connectivity index (χ1v) is 11.6. The van der Waals surface area contributed by atoms with Crippen molar-refractivity contribution >= 4 is 17.5 Å². The number of hydrazone groups is 1. The summed E-state index contributed by atoms with van der Waals surface area (Å²) in [6.07, 6.45) is 1.04. The molecule has 2 amide bonds. The first-order chi connectivity index (χ1) is 17.0. The van der Waals surface area contributed by atoms with Crippen LogP contribution in [0.5, 0.6) is 5.75 Å². The van der Waals surface area contributed by atoms with Crippen molar-refractivity contribution in [3.63, 3.8) is 0 Å². The van der Waals surface area contributed by atoms with Gasteiger partial charge in [0.2, 0.25) is 11.8 Å². The second kappa shape index (κ2) is 11.4. The molecule has 1 aliphatic heterocycles. The molecule has 3 aromatic rings. The zero-order chi connectivity index (χ0) is 24.6. The van der Waals surface area contributed by atoms with Gasteiger partial charge in [-0.05, 0) is 41.3 Å². The molecule has 0 bridgehead atoms. The summed E-state index contributed by atoms with van der Waals surface area (Å²) in [5, 5.41) is 8.91. The second-order valence-corrected chi connectivity index (χ2v) is 8.34. The molecule has 1 atom stereocenters. The number of amides is 2. The minimum absolute atomic E-state index is 0.0315. The van der Waals surface area contributed by atoms with Crippen molar-refractivity contribution < 1.29 is 18.7 Å². The fourth-order valence-corrected chi connectivity index (χ4v) is 4.09. The number of carbonyl (C=O) groups excluding carboxylic acids is 2. The molecule has 180 valence electrons. The molecule has 1 aliphatic rings. The van der Waals surface area contributed by atoms with E-state index in [1.165, 1.54) is 11.1 Å². The number of ether oxygens (including phenoxy) is 1. The Kier molecular flexibility index (Phi) is 7.88. The zero-order valence-corrected chi connectivity index (χ0v) is 19.6. The fourth-order valence-electron chi connectivity index (χ4n) is 4.09. The Morgan fingerprint density at radius 2 is 1.71 bits per heavy atom. The molecule has 0 fully saturated rings. The third-order valence-corrected chi connectivity index (χ3v) is 6.01. The van der Waals surface area contributed by atoms with Gasteiger partial charge in [0, 0.05) is 25.8 Å². The van der Waals surface area contributed by atoms with Crippen molar-refractivity contribution in [1.29, 1.82) is 0 Å². The van der Waals surface area contributed by atoms with Crippen LogP contribution in [0.3, 0.4) is 0 Å². The van der Waals surface area contributed by atoms with Gasteiger partial charge in [-0.25, -0.2) is 9.40 Å². The highest BCUT2D eigenvalue weighted by Crippen LogP contribution is 2.34. The van der Waals surface area contributed by atoms with E-state index in [4.69, 9.17) is 4.74 Å². The van der Waals surface area contributed by atoms with Gasteiger partial charge in [0.1, 0.15) is 11.6 Å². The van der Waals surface area contributed by atoms with E-state index in [-0.39, 0.29) is 36.5 Å². The first-order valence-electron chi connectivity index (χ1n) is 11.6. The zero-order valence-electron chi connectivity index (χ0n) is 19.6. The van der Waals surface area contributed by atoms with Gasteiger partial charge in [0.05, 0.1) is 18.9 Å². The van der Waals surface area contributed by atoms with Gasteiger partial charge in [-0.1, -0.05) is 60.7 Å². The van der Waals surface area contributed by atoms with Crippen LogP contribution in [0.15, 0.2) is 84.0 Å². The number of halogens is 1. The van der Waals surface area contributed by atoms with Crippen molar-refractivity contribution in [2.24, 2.45) is 5.10 Å². The number of hydrogen-bond acceptors (Lipinski definition) is 4. The van der Waals surface area contributed by atoms with Gasteiger partial charge in [-0.2, -0.15) is 5.10 Å². The van der Waals surface area contributed by atoms with Crippen LogP contribution in [0.4, 0.5) is 4.39 Å². The lowest BCUT2D eigenvalue weighted by Gasteiger charge is -2.22. The minimum Gasteiger partial charge on any atom is -0.497 e. The maximum absolute atomic E-state index is 13.7. The van der Waals surface area contributed by atoms with Gasteiger partial charge in [-0.15, -0.1) is 0 Å². The lowest BCUT2D eigenvalue weighted by molar-refractivity contribution is -0.135. The van der Waals surface area contributed by atoms with Crippen LogP contribution in [0.2, 0.25) is 0 Å². The third-order valence-electron chi connectivity index (χ3n) is 6.01. The number of methoxy groups -OCH3 is 1. The summed E-state index contributed by atoms with van der Waals surface area (Å²) in [4.78, 5) is 25.5. The summed E-state index contributed by atoms with van der Waals surface area (Å²) in [6, 6.07) is 23.6. The molecular formula is C28H28FN3O3. The smallest absolute Gasteiger partial charge is 0.243 e. The number of benzene rings is 3. The van der Waals surface area contributed by atoms with Gasteiger partial charge in [-0.3, -0.25) is 9.59 Å². The van der Waals surface area contributed by atoms with E-state index in [1.807, 2.05) is 54.6 Å². The number of nitrogens with zero attached hydrogens (tertiary/aromatic N) is 2. The largest absolute Gasteiger partial charge is 0.497 e. The molecule has 1 heterocycles. The van der Waals surface area contributed by atoms with Gasteiger partial charge in [0.25, 0.3) is 0 Å². The summed E-state index contributed by atoms with van der Waals surface area (Å²) in [5.41, 5.74) is 3.29. The van der Waals surface area contributed by atoms with Crippen LogP contribution in [-0.2, 0) is 16.0 Å². The Hall–Kier alpha value is -4.00. The third kappa shape index (κ3) is 6.12. The molecular weight excluding hydrogens is 445 g/mol. The van der Waals surface area contributed by atoms with Crippen LogP contribution >= 0.6 is 0 Å². The van der Waals surface area contributed by atoms with E-state index < -0.39 is 0 Å². The van der Waals surface area contributed by atoms with Crippen molar-refractivity contribution in [2.45, 2.75) is 31.7 Å². The summed E-state index contributed by atoms with van der Waals surface area (Å²) < 4.78 is 19.0. The fraction of sp³-hybridized carbons (Fsp3) is 0.250. The summed E-state index contributed by atoms with van der Waals surface area (Å²) in [6.45, 7) is 0.308. The molecule has 0 spiro atoms. The average molecular weight is 474 g/mol. The molecule has 1 unspecified atom stereocenters. The molecule has 1 N–H and O–H groups in total. The monoisotopic (exact) mass is 473 g/mol. The maximum atomic E-state index is 13.7. The molecule has 0 aliphatic carbocycles. The quantitative estimate of drug-likeness (QED) is 0.492. The minimum atomic E-state index is -0.289. The Morgan fingerprint density at radius 3 is 2.43 bits per heavy atom. The normalized spacial score (nSPS) is 15.0. The number of rotatable bonds is 9. The molecule has 7 heteroatoms. The molecule has 35 heavy (non-hydrogen) atoms. The van der Waals surface area contributed by atoms with E-state index in [0.29, 0.717) is 24.9 Å². The van der Waals surface area contributed by atoms with E-state index in [0.717, 1.165) is 22.6 Å². The summed E-state index contributed by atoms with van der Waals surface area (Å²) >= 11 is 0. The van der Waals surface area contributed by atoms with Crippen LogP contribution in [0.25, 0.3) is 0 Å². The standard InChI is InChI=1S/C28H28FN3O3/c1-35-23-13-11-22(12-14-23)26-19-25(21-8-3-2-4-9-21)31-32(26)28(34)16-15-27(33)30-18-17-20-7-5-6-10-24(20)29/h2-14,26H,15-19H2,1H3,(H,30,33).